The molecule has 3 fully saturated rings. The molecule has 1 aliphatic carbocycles. The van der Waals surface area contributed by atoms with Crippen LogP contribution in [0.2, 0.25) is 0 Å². The standard InChI is InChI=1S/C38H47N7O5/c1-47-21-7-10-35(46)45-20-19-43(24-29(45)11-15-39)36-32-12-18-42(34-23-30(50-27-48-2)22-28-8-3-4-9-31(28)34)25-33(32)40-37(41-36)49-26-38(13-14-38)44-16-5-6-17-44/h3-4,7-10,22-23,29H,5-6,11-14,16-21,24-27H2,1-2H3/b10-7+/t29-/m0/s1. The minimum absolute atomic E-state index is 0.0870. The lowest BCUT2D eigenvalue weighted by molar-refractivity contribution is -0.128. The summed E-state index contributed by atoms with van der Waals surface area (Å²) in [7, 11) is 3.22. The Bertz CT molecular complexity index is 1750. The highest BCUT2D eigenvalue weighted by Crippen LogP contribution is 2.44. The van der Waals surface area contributed by atoms with Crippen molar-refractivity contribution in [2.45, 2.75) is 56.7 Å². The second-order valence-electron chi connectivity index (χ2n) is 13.7. The minimum Gasteiger partial charge on any atom is -0.467 e. The zero-order valence-corrected chi connectivity index (χ0v) is 29.2. The minimum atomic E-state index is -0.269. The number of aromatic nitrogens is 2. The number of hydrogen-bond acceptors (Lipinski definition) is 11. The third kappa shape index (κ3) is 7.22. The van der Waals surface area contributed by atoms with Crippen LogP contribution in [0.4, 0.5) is 11.5 Å². The van der Waals surface area contributed by atoms with Gasteiger partial charge in [-0.15, -0.1) is 0 Å². The number of piperazine rings is 1. The summed E-state index contributed by atoms with van der Waals surface area (Å²) >= 11 is 0. The fourth-order valence-electron chi connectivity index (χ4n) is 7.70. The monoisotopic (exact) mass is 681 g/mol. The summed E-state index contributed by atoms with van der Waals surface area (Å²) in [5, 5.41) is 12.0. The number of methoxy groups -OCH3 is 2. The number of ether oxygens (including phenoxy) is 4. The van der Waals surface area contributed by atoms with Crippen molar-refractivity contribution >= 4 is 28.2 Å². The first-order valence-electron chi connectivity index (χ1n) is 17.8. The molecule has 4 aliphatic rings. The van der Waals surface area contributed by atoms with E-state index in [1.54, 1.807) is 31.3 Å². The molecule has 1 amide bonds. The fraction of sp³-hybridized carbons (Fsp3) is 0.526. The average Bonchev–Trinajstić information content (AvgIpc) is 3.73. The van der Waals surface area contributed by atoms with Gasteiger partial charge in [0.2, 0.25) is 5.91 Å². The molecule has 7 rings (SSSR count). The Morgan fingerprint density at radius 1 is 1.02 bits per heavy atom. The molecule has 0 spiro atoms. The van der Waals surface area contributed by atoms with Crippen LogP contribution in [-0.4, -0.2) is 111 Å². The van der Waals surface area contributed by atoms with Crippen LogP contribution in [0.5, 0.6) is 11.8 Å². The number of benzene rings is 2. The number of nitrogens with zero attached hydrogens (tertiary/aromatic N) is 7. The number of hydrogen-bond donors (Lipinski definition) is 0. The Hall–Kier alpha value is -4.44. The van der Waals surface area contributed by atoms with Gasteiger partial charge in [0, 0.05) is 69.2 Å². The molecule has 3 aliphatic heterocycles. The molecule has 2 saturated heterocycles. The van der Waals surface area contributed by atoms with Crippen molar-refractivity contribution in [1.29, 1.82) is 5.26 Å². The van der Waals surface area contributed by atoms with Gasteiger partial charge in [-0.25, -0.2) is 0 Å². The fourth-order valence-corrected chi connectivity index (χ4v) is 7.70. The van der Waals surface area contributed by atoms with E-state index in [0.29, 0.717) is 45.4 Å². The van der Waals surface area contributed by atoms with Crippen molar-refractivity contribution < 1.29 is 23.7 Å². The molecule has 0 N–H and O–H groups in total. The van der Waals surface area contributed by atoms with Crippen LogP contribution < -0.4 is 19.3 Å². The van der Waals surface area contributed by atoms with E-state index in [2.05, 4.69) is 45.0 Å². The summed E-state index contributed by atoms with van der Waals surface area (Å²) in [5.41, 5.74) is 3.20. The average molecular weight is 682 g/mol. The van der Waals surface area contributed by atoms with Crippen LogP contribution in [0.15, 0.2) is 48.6 Å². The molecule has 2 aromatic carbocycles. The Morgan fingerprint density at radius 2 is 1.86 bits per heavy atom. The van der Waals surface area contributed by atoms with Gasteiger partial charge in [0.1, 0.15) is 18.2 Å². The smallest absolute Gasteiger partial charge is 0.318 e. The topological polar surface area (TPSA) is 117 Å². The van der Waals surface area contributed by atoms with Crippen molar-refractivity contribution in [3.63, 3.8) is 0 Å². The van der Waals surface area contributed by atoms with Gasteiger partial charge in [-0.1, -0.05) is 30.3 Å². The number of rotatable bonds is 13. The normalized spacial score (nSPS) is 20.3. The van der Waals surface area contributed by atoms with Crippen LogP contribution in [-0.2, 0) is 27.2 Å². The number of amides is 1. The van der Waals surface area contributed by atoms with Crippen LogP contribution in [0.25, 0.3) is 10.8 Å². The molecule has 1 aromatic heterocycles. The number of nitriles is 1. The summed E-state index contributed by atoms with van der Waals surface area (Å²) in [4.78, 5) is 32.3. The van der Waals surface area contributed by atoms with Crippen molar-refractivity contribution in [2.75, 3.05) is 83.3 Å². The van der Waals surface area contributed by atoms with E-state index in [0.717, 1.165) is 78.2 Å². The quantitative estimate of drug-likeness (QED) is 0.190. The number of anilines is 2. The molecule has 1 atom stereocenters. The number of carbonyl (C=O) groups is 1. The third-order valence-corrected chi connectivity index (χ3v) is 10.5. The van der Waals surface area contributed by atoms with Gasteiger partial charge in [-0.2, -0.15) is 15.2 Å². The van der Waals surface area contributed by atoms with E-state index < -0.39 is 0 Å². The first kappa shape index (κ1) is 34.0. The van der Waals surface area contributed by atoms with Crippen LogP contribution >= 0.6 is 0 Å². The molecule has 0 radical (unpaired) electrons. The van der Waals surface area contributed by atoms with E-state index >= 15 is 0 Å². The molecule has 264 valence electrons. The van der Waals surface area contributed by atoms with E-state index in [1.807, 2.05) is 12.1 Å². The van der Waals surface area contributed by atoms with Crippen molar-refractivity contribution in [3.05, 3.63) is 59.8 Å². The van der Waals surface area contributed by atoms with Crippen molar-refractivity contribution in [1.82, 2.24) is 19.8 Å². The largest absolute Gasteiger partial charge is 0.467 e. The molecular weight excluding hydrogens is 634 g/mol. The highest BCUT2D eigenvalue weighted by molar-refractivity contribution is 5.96. The maximum atomic E-state index is 13.1. The first-order valence-corrected chi connectivity index (χ1v) is 17.8. The second kappa shape index (κ2) is 15.2. The molecule has 1 saturated carbocycles. The van der Waals surface area contributed by atoms with E-state index in [9.17, 15) is 10.1 Å². The van der Waals surface area contributed by atoms with Crippen LogP contribution in [0.1, 0.15) is 43.4 Å². The highest BCUT2D eigenvalue weighted by atomic mass is 16.7. The summed E-state index contributed by atoms with van der Waals surface area (Å²) in [6.07, 6.45) is 8.98. The molecular formula is C38H47N7O5. The summed E-state index contributed by atoms with van der Waals surface area (Å²) in [6, 6.07) is 14.9. The summed E-state index contributed by atoms with van der Waals surface area (Å²) in [5.74, 6) is 1.50. The summed E-state index contributed by atoms with van der Waals surface area (Å²) in [6.45, 7) is 6.30. The van der Waals surface area contributed by atoms with E-state index in [1.165, 1.54) is 12.8 Å². The van der Waals surface area contributed by atoms with Crippen LogP contribution in [0.3, 0.4) is 0 Å². The lowest BCUT2D eigenvalue weighted by atomic mass is 10.0. The van der Waals surface area contributed by atoms with Crippen LogP contribution in [0, 0.1) is 11.3 Å². The molecule has 4 heterocycles. The zero-order chi connectivity index (χ0) is 34.5. The van der Waals surface area contributed by atoms with E-state index in [4.69, 9.17) is 28.9 Å². The predicted octanol–water partition coefficient (Wildman–Crippen LogP) is 4.32. The maximum Gasteiger partial charge on any atom is 0.318 e. The Balaban J connectivity index is 1.20. The third-order valence-electron chi connectivity index (χ3n) is 10.5. The molecule has 0 unspecified atom stereocenters. The molecule has 3 aromatic rings. The Morgan fingerprint density at radius 3 is 2.64 bits per heavy atom. The van der Waals surface area contributed by atoms with Gasteiger partial charge in [0.25, 0.3) is 0 Å². The van der Waals surface area contributed by atoms with Gasteiger partial charge in [-0.05, 0) is 56.6 Å². The van der Waals surface area contributed by atoms with Crippen molar-refractivity contribution in [2.24, 2.45) is 0 Å². The van der Waals surface area contributed by atoms with E-state index in [-0.39, 0.29) is 30.7 Å². The van der Waals surface area contributed by atoms with Gasteiger partial charge in [-0.3, -0.25) is 9.69 Å². The molecule has 0 bridgehead atoms. The number of carbonyl (C=O) groups excluding carboxylic acids is 1. The SMILES string of the molecule is COC/C=C/C(=O)N1CCN(c2nc(OCC3(N4CCCC4)CC3)nc3c2CCN(c2cc(OCOC)cc4ccccc24)C3)C[C@@H]1CC#N. The molecule has 12 heteroatoms. The van der Waals surface area contributed by atoms with Gasteiger partial charge < -0.3 is 33.6 Å². The van der Waals surface area contributed by atoms with Gasteiger partial charge in [0.15, 0.2) is 6.79 Å². The number of likely N-dealkylation sites (tertiary alicyclic amines) is 1. The molecule has 50 heavy (non-hydrogen) atoms. The lowest BCUT2D eigenvalue weighted by Crippen LogP contribution is -2.55. The number of fused-ring (bicyclic) bond motifs is 2. The summed E-state index contributed by atoms with van der Waals surface area (Å²) < 4.78 is 22.7. The maximum absolute atomic E-state index is 13.1. The molecule has 12 nitrogen and oxygen atoms in total. The van der Waals surface area contributed by atoms with Gasteiger partial charge in [0.05, 0.1) is 42.9 Å². The van der Waals surface area contributed by atoms with Gasteiger partial charge >= 0.3 is 6.01 Å². The highest BCUT2D eigenvalue weighted by Gasteiger charge is 2.49. The predicted molar refractivity (Wildman–Crippen MR) is 190 cm³/mol. The zero-order valence-electron chi connectivity index (χ0n) is 29.2. The second-order valence-corrected chi connectivity index (χ2v) is 13.7. The Labute approximate surface area is 294 Å². The van der Waals surface area contributed by atoms with Crippen molar-refractivity contribution in [3.8, 4) is 17.8 Å². The Kier molecular flexibility index (Phi) is 10.4. The lowest BCUT2D eigenvalue weighted by Gasteiger charge is -2.42. The first-order chi connectivity index (χ1) is 24.5.